The summed E-state index contributed by atoms with van der Waals surface area (Å²) in [7, 11) is 0. The number of anilines is 1. The third kappa shape index (κ3) is 3.45. The van der Waals surface area contributed by atoms with Gasteiger partial charge in [0.1, 0.15) is 0 Å². The van der Waals surface area contributed by atoms with Crippen LogP contribution in [-0.2, 0) is 0 Å². The molecule has 1 aromatic heterocycles. The number of hydrogen-bond donors (Lipinski definition) is 2. The lowest BCUT2D eigenvalue weighted by Crippen LogP contribution is -2.29. The van der Waals surface area contributed by atoms with Crippen LogP contribution in [0.25, 0.3) is 0 Å². The van der Waals surface area contributed by atoms with Gasteiger partial charge >= 0.3 is 6.01 Å². The summed E-state index contributed by atoms with van der Waals surface area (Å²) in [6.07, 6.45) is 4.10. The minimum absolute atomic E-state index is 0.0877. The smallest absolute Gasteiger partial charge is 0.318 e. The second kappa shape index (κ2) is 6.86. The van der Waals surface area contributed by atoms with Crippen LogP contribution >= 0.6 is 0 Å². The Kier molecular flexibility index (Phi) is 5.15. The van der Waals surface area contributed by atoms with Gasteiger partial charge < -0.3 is 19.7 Å². The maximum absolute atomic E-state index is 8.94. The van der Waals surface area contributed by atoms with Crippen molar-refractivity contribution in [3.8, 4) is 0 Å². The molecule has 108 valence electrons. The van der Waals surface area contributed by atoms with E-state index in [0.717, 1.165) is 38.8 Å². The zero-order chi connectivity index (χ0) is 13.7. The third-order valence-corrected chi connectivity index (χ3v) is 3.63. The molecular weight excluding hydrogens is 244 g/mol. The molecule has 0 bridgehead atoms. The molecule has 2 rings (SSSR count). The van der Waals surface area contributed by atoms with Crippen LogP contribution in [0, 0.1) is 0 Å². The first-order valence-electron chi connectivity index (χ1n) is 7.20. The van der Waals surface area contributed by atoms with Gasteiger partial charge in [0.05, 0.1) is 6.04 Å². The number of aliphatic hydroxyl groups excluding tert-OH is 1. The van der Waals surface area contributed by atoms with E-state index in [1.165, 1.54) is 0 Å². The molecule has 0 amide bonds. The molecule has 0 spiro atoms. The molecule has 2 heterocycles. The summed E-state index contributed by atoms with van der Waals surface area (Å²) in [5.41, 5.74) is 0. The molecule has 6 nitrogen and oxygen atoms in total. The Morgan fingerprint density at radius 1 is 1.53 bits per heavy atom. The van der Waals surface area contributed by atoms with Crippen molar-refractivity contribution >= 4 is 6.01 Å². The molecule has 1 fully saturated rings. The number of aliphatic hydroxyl groups is 1. The van der Waals surface area contributed by atoms with Gasteiger partial charge in [0.25, 0.3) is 0 Å². The highest BCUT2D eigenvalue weighted by Gasteiger charge is 2.28. The van der Waals surface area contributed by atoms with E-state index in [1.54, 1.807) is 0 Å². The van der Waals surface area contributed by atoms with Gasteiger partial charge in [-0.25, -0.2) is 0 Å². The molecule has 1 aliphatic heterocycles. The van der Waals surface area contributed by atoms with E-state index in [4.69, 9.17) is 9.52 Å². The largest absolute Gasteiger partial charge is 0.406 e. The standard InChI is InChI=1S/C13H24N4O2/c1-3-14-10(2)12-15-16-13(19-12)17-8-4-6-11(17)7-5-9-18/h10-11,14,18H,3-9H2,1-2H3. The van der Waals surface area contributed by atoms with Crippen molar-refractivity contribution in [2.24, 2.45) is 0 Å². The number of nitrogens with zero attached hydrogens (tertiary/aromatic N) is 3. The van der Waals surface area contributed by atoms with E-state index in [0.29, 0.717) is 17.9 Å². The summed E-state index contributed by atoms with van der Waals surface area (Å²) >= 11 is 0. The van der Waals surface area contributed by atoms with E-state index >= 15 is 0 Å². The van der Waals surface area contributed by atoms with E-state index < -0.39 is 0 Å². The predicted octanol–water partition coefficient (Wildman–Crippen LogP) is 1.48. The number of nitrogens with one attached hydrogen (secondary N) is 1. The van der Waals surface area contributed by atoms with Crippen LogP contribution in [-0.4, -0.2) is 41.0 Å². The fourth-order valence-corrected chi connectivity index (χ4v) is 2.63. The lowest BCUT2D eigenvalue weighted by molar-refractivity contribution is 0.278. The second-order valence-corrected chi connectivity index (χ2v) is 5.06. The predicted molar refractivity (Wildman–Crippen MR) is 73.1 cm³/mol. The summed E-state index contributed by atoms with van der Waals surface area (Å²) in [5.74, 6) is 0.643. The van der Waals surface area contributed by atoms with Crippen molar-refractivity contribution in [3.05, 3.63) is 5.89 Å². The number of rotatable bonds is 7. The molecule has 1 aromatic rings. The van der Waals surface area contributed by atoms with Gasteiger partial charge in [0.15, 0.2) is 0 Å². The van der Waals surface area contributed by atoms with E-state index in [1.807, 2.05) is 6.92 Å². The Balaban J connectivity index is 2.00. The average molecular weight is 268 g/mol. The zero-order valence-electron chi connectivity index (χ0n) is 11.8. The van der Waals surface area contributed by atoms with Crippen molar-refractivity contribution in [1.29, 1.82) is 0 Å². The van der Waals surface area contributed by atoms with Crippen molar-refractivity contribution in [2.45, 2.75) is 51.6 Å². The maximum atomic E-state index is 8.94. The van der Waals surface area contributed by atoms with E-state index in [2.05, 4.69) is 27.3 Å². The minimum atomic E-state index is 0.0877. The van der Waals surface area contributed by atoms with Crippen molar-refractivity contribution in [3.63, 3.8) is 0 Å². The summed E-state index contributed by atoms with van der Waals surface area (Å²) < 4.78 is 5.77. The monoisotopic (exact) mass is 268 g/mol. The van der Waals surface area contributed by atoms with Crippen molar-refractivity contribution < 1.29 is 9.52 Å². The Morgan fingerprint density at radius 3 is 3.11 bits per heavy atom. The molecule has 0 saturated carbocycles. The lowest BCUT2D eigenvalue weighted by Gasteiger charge is -2.21. The van der Waals surface area contributed by atoms with E-state index in [-0.39, 0.29) is 12.6 Å². The summed E-state index contributed by atoms with van der Waals surface area (Å²) in [6.45, 7) is 6.17. The van der Waals surface area contributed by atoms with Gasteiger partial charge in [0.2, 0.25) is 5.89 Å². The normalized spacial score (nSPS) is 21.0. The summed E-state index contributed by atoms with van der Waals surface area (Å²) in [5, 5.41) is 20.5. The van der Waals surface area contributed by atoms with Gasteiger partial charge in [-0.05, 0) is 39.2 Å². The quantitative estimate of drug-likeness (QED) is 0.780. The van der Waals surface area contributed by atoms with Gasteiger partial charge in [-0.2, -0.15) is 0 Å². The third-order valence-electron chi connectivity index (χ3n) is 3.63. The SMILES string of the molecule is CCNC(C)c1nnc(N2CCCC2CCCO)o1. The molecule has 1 saturated heterocycles. The molecule has 0 aliphatic carbocycles. The first kappa shape index (κ1) is 14.3. The lowest BCUT2D eigenvalue weighted by atomic mass is 10.1. The van der Waals surface area contributed by atoms with Crippen molar-refractivity contribution in [1.82, 2.24) is 15.5 Å². The summed E-state index contributed by atoms with van der Waals surface area (Å²) in [4.78, 5) is 2.19. The molecular formula is C13H24N4O2. The number of hydrogen-bond acceptors (Lipinski definition) is 6. The minimum Gasteiger partial charge on any atom is -0.406 e. The molecule has 1 aliphatic rings. The Bertz CT molecular complexity index is 382. The molecule has 2 N–H and O–H groups in total. The maximum Gasteiger partial charge on any atom is 0.318 e. The van der Waals surface area contributed by atoms with Gasteiger partial charge in [-0.3, -0.25) is 0 Å². The Hall–Kier alpha value is -1.14. The van der Waals surface area contributed by atoms with Gasteiger partial charge in [-0.15, -0.1) is 5.10 Å². The molecule has 6 heteroatoms. The second-order valence-electron chi connectivity index (χ2n) is 5.06. The topological polar surface area (TPSA) is 74.4 Å². The van der Waals surface area contributed by atoms with Crippen LogP contribution in [0.1, 0.15) is 51.5 Å². The fraction of sp³-hybridized carbons (Fsp3) is 0.846. The highest BCUT2D eigenvalue weighted by Crippen LogP contribution is 2.27. The van der Waals surface area contributed by atoms with Gasteiger partial charge in [0, 0.05) is 19.2 Å². The Labute approximate surface area is 114 Å². The average Bonchev–Trinajstić information content (AvgIpc) is 3.05. The van der Waals surface area contributed by atoms with Crippen molar-refractivity contribution in [2.75, 3.05) is 24.6 Å². The summed E-state index contributed by atoms with van der Waals surface area (Å²) in [6, 6.07) is 1.14. The Morgan fingerprint density at radius 2 is 2.37 bits per heavy atom. The highest BCUT2D eigenvalue weighted by atomic mass is 16.4. The highest BCUT2D eigenvalue weighted by molar-refractivity contribution is 5.28. The van der Waals surface area contributed by atoms with Crippen LogP contribution in [0.3, 0.4) is 0 Å². The van der Waals surface area contributed by atoms with Gasteiger partial charge in [-0.1, -0.05) is 12.0 Å². The zero-order valence-corrected chi connectivity index (χ0v) is 11.8. The van der Waals surface area contributed by atoms with Crippen LogP contribution in [0.15, 0.2) is 4.42 Å². The van der Waals surface area contributed by atoms with E-state index in [9.17, 15) is 0 Å². The molecule has 2 atom stereocenters. The first-order chi connectivity index (χ1) is 9.26. The van der Waals surface area contributed by atoms with Crippen LogP contribution in [0.4, 0.5) is 6.01 Å². The molecule has 0 aromatic carbocycles. The first-order valence-corrected chi connectivity index (χ1v) is 7.20. The van der Waals surface area contributed by atoms with Crippen LogP contribution < -0.4 is 10.2 Å². The van der Waals surface area contributed by atoms with Crippen LogP contribution in [0.5, 0.6) is 0 Å². The molecule has 19 heavy (non-hydrogen) atoms. The molecule has 0 radical (unpaired) electrons. The van der Waals surface area contributed by atoms with Crippen LogP contribution in [0.2, 0.25) is 0 Å². The molecule has 2 unspecified atom stereocenters. The number of aromatic nitrogens is 2. The fourth-order valence-electron chi connectivity index (χ4n) is 2.63.